The number of carbonyl (C=O) groups excluding carboxylic acids is 1. The number of aryl methyl sites for hydroxylation is 1. The van der Waals surface area contributed by atoms with Crippen LogP contribution in [0.1, 0.15) is 40.7 Å². The summed E-state index contributed by atoms with van der Waals surface area (Å²) >= 11 is 0. The van der Waals surface area contributed by atoms with Crippen LogP contribution in [0.25, 0.3) is 0 Å². The molecule has 152 valence electrons. The largest absolute Gasteiger partial charge is 0.433 e. The van der Waals surface area contributed by atoms with E-state index < -0.39 is 27.8 Å². The molecule has 6 nitrogen and oxygen atoms in total. The lowest BCUT2D eigenvalue weighted by Crippen LogP contribution is -2.19. The maximum absolute atomic E-state index is 12.7. The van der Waals surface area contributed by atoms with E-state index in [9.17, 15) is 26.4 Å². The van der Waals surface area contributed by atoms with Crippen LogP contribution in [0.5, 0.6) is 0 Å². The van der Waals surface area contributed by atoms with Gasteiger partial charge in [-0.1, -0.05) is 13.0 Å². The first-order valence-electron chi connectivity index (χ1n) is 8.41. The summed E-state index contributed by atoms with van der Waals surface area (Å²) in [4.78, 5) is 15.9. The molecule has 0 aliphatic carbocycles. The van der Waals surface area contributed by atoms with Crippen molar-refractivity contribution in [3.8, 4) is 0 Å². The maximum Gasteiger partial charge on any atom is 0.433 e. The fraction of sp³-hybridized carbons (Fsp3) is 0.333. The fourth-order valence-electron chi connectivity index (χ4n) is 2.52. The standard InChI is InChI=1S/C18H20F3N3O3S/c1-4-10-28(26,27)24-15-7-5-6-14(11(15)2)23-17(25)13-8-9-16(18(19,20)21)22-12(13)3/h5-9,24H,4,10H2,1-3H3,(H,23,25). The number of nitrogens with zero attached hydrogens (tertiary/aromatic N) is 1. The highest BCUT2D eigenvalue weighted by Gasteiger charge is 2.33. The van der Waals surface area contributed by atoms with E-state index in [0.717, 1.165) is 12.1 Å². The van der Waals surface area contributed by atoms with Gasteiger partial charge in [0, 0.05) is 5.69 Å². The summed E-state index contributed by atoms with van der Waals surface area (Å²) in [5, 5.41) is 2.59. The van der Waals surface area contributed by atoms with Crippen LogP contribution in [0.3, 0.4) is 0 Å². The van der Waals surface area contributed by atoms with Crippen LogP contribution in [0.4, 0.5) is 24.5 Å². The summed E-state index contributed by atoms with van der Waals surface area (Å²) in [7, 11) is -3.51. The number of benzene rings is 1. The molecule has 10 heteroatoms. The first-order chi connectivity index (χ1) is 12.9. The van der Waals surface area contributed by atoms with Crippen molar-refractivity contribution in [1.29, 1.82) is 0 Å². The minimum atomic E-state index is -4.60. The van der Waals surface area contributed by atoms with Crippen LogP contribution in [-0.2, 0) is 16.2 Å². The topological polar surface area (TPSA) is 88.2 Å². The number of aromatic nitrogens is 1. The highest BCUT2D eigenvalue weighted by molar-refractivity contribution is 7.92. The van der Waals surface area contributed by atoms with Gasteiger partial charge in [0.1, 0.15) is 5.69 Å². The molecule has 0 radical (unpaired) electrons. The number of anilines is 2. The van der Waals surface area contributed by atoms with E-state index >= 15 is 0 Å². The highest BCUT2D eigenvalue weighted by atomic mass is 32.2. The number of carbonyl (C=O) groups is 1. The summed E-state index contributed by atoms with van der Waals surface area (Å²) in [6.45, 7) is 4.67. The molecule has 0 atom stereocenters. The monoisotopic (exact) mass is 415 g/mol. The number of alkyl halides is 3. The van der Waals surface area contributed by atoms with E-state index in [2.05, 4.69) is 15.0 Å². The van der Waals surface area contributed by atoms with E-state index in [0.29, 0.717) is 23.4 Å². The van der Waals surface area contributed by atoms with Crippen LogP contribution in [-0.4, -0.2) is 25.1 Å². The van der Waals surface area contributed by atoms with Gasteiger partial charge in [-0.15, -0.1) is 0 Å². The third kappa shape index (κ3) is 5.22. The van der Waals surface area contributed by atoms with Gasteiger partial charge in [-0.2, -0.15) is 13.2 Å². The van der Waals surface area contributed by atoms with Crippen molar-refractivity contribution in [3.05, 3.63) is 52.8 Å². The van der Waals surface area contributed by atoms with E-state index in [1.54, 1.807) is 32.0 Å². The van der Waals surface area contributed by atoms with Gasteiger partial charge in [-0.05, 0) is 50.1 Å². The number of hydrogen-bond donors (Lipinski definition) is 2. The number of hydrogen-bond acceptors (Lipinski definition) is 4. The molecular weight excluding hydrogens is 395 g/mol. The summed E-state index contributed by atoms with van der Waals surface area (Å²) < 4.78 is 64.5. The van der Waals surface area contributed by atoms with Gasteiger partial charge in [0.05, 0.1) is 22.7 Å². The average molecular weight is 415 g/mol. The molecule has 1 amide bonds. The van der Waals surface area contributed by atoms with E-state index in [1.165, 1.54) is 6.92 Å². The fourth-order valence-corrected chi connectivity index (χ4v) is 3.71. The molecule has 0 unspecified atom stereocenters. The highest BCUT2D eigenvalue weighted by Crippen LogP contribution is 2.29. The van der Waals surface area contributed by atoms with Gasteiger partial charge in [-0.25, -0.2) is 13.4 Å². The molecule has 0 aliphatic rings. The predicted molar refractivity (Wildman–Crippen MR) is 101 cm³/mol. The molecule has 1 aromatic carbocycles. The smallest absolute Gasteiger partial charge is 0.322 e. The molecule has 2 rings (SSSR count). The molecular formula is C18H20F3N3O3S. The lowest BCUT2D eigenvalue weighted by molar-refractivity contribution is -0.141. The second-order valence-corrected chi connectivity index (χ2v) is 8.02. The van der Waals surface area contributed by atoms with Gasteiger partial charge in [0.15, 0.2) is 0 Å². The number of sulfonamides is 1. The lowest BCUT2D eigenvalue weighted by atomic mass is 10.1. The SMILES string of the molecule is CCCS(=O)(=O)Nc1cccc(NC(=O)c2ccc(C(F)(F)F)nc2C)c1C. The minimum absolute atomic E-state index is 0.00985. The van der Waals surface area contributed by atoms with Gasteiger partial charge in [-0.3, -0.25) is 9.52 Å². The molecule has 28 heavy (non-hydrogen) atoms. The minimum Gasteiger partial charge on any atom is -0.322 e. The molecule has 0 saturated heterocycles. The van der Waals surface area contributed by atoms with Crippen molar-refractivity contribution < 1.29 is 26.4 Å². The van der Waals surface area contributed by atoms with Gasteiger partial charge in [0.2, 0.25) is 10.0 Å². The Morgan fingerprint density at radius 1 is 1.11 bits per heavy atom. The Morgan fingerprint density at radius 3 is 2.32 bits per heavy atom. The quantitative estimate of drug-likeness (QED) is 0.743. The van der Waals surface area contributed by atoms with Crippen LogP contribution >= 0.6 is 0 Å². The van der Waals surface area contributed by atoms with E-state index in [4.69, 9.17) is 0 Å². The molecule has 2 N–H and O–H groups in total. The van der Waals surface area contributed by atoms with Crippen molar-refractivity contribution in [1.82, 2.24) is 4.98 Å². The summed E-state index contributed by atoms with van der Waals surface area (Å²) in [6, 6.07) is 6.48. The zero-order valence-electron chi connectivity index (χ0n) is 15.5. The zero-order valence-corrected chi connectivity index (χ0v) is 16.3. The van der Waals surface area contributed by atoms with E-state index in [1.807, 2.05) is 0 Å². The lowest BCUT2D eigenvalue weighted by Gasteiger charge is -2.15. The third-order valence-corrected chi connectivity index (χ3v) is 5.42. The Labute approximate surface area is 161 Å². The second-order valence-electron chi connectivity index (χ2n) is 6.18. The number of pyridine rings is 1. The number of halogens is 3. The Bertz CT molecular complexity index is 989. The summed E-state index contributed by atoms with van der Waals surface area (Å²) in [5.74, 6) is -0.685. The summed E-state index contributed by atoms with van der Waals surface area (Å²) in [6.07, 6.45) is -4.15. The van der Waals surface area contributed by atoms with Crippen LogP contribution in [0.2, 0.25) is 0 Å². The molecule has 0 aliphatic heterocycles. The number of rotatable bonds is 6. The Hall–Kier alpha value is -2.62. The van der Waals surface area contributed by atoms with E-state index in [-0.39, 0.29) is 17.0 Å². The third-order valence-electron chi connectivity index (χ3n) is 3.94. The van der Waals surface area contributed by atoms with Crippen LogP contribution in [0.15, 0.2) is 30.3 Å². The molecule has 0 fully saturated rings. The van der Waals surface area contributed by atoms with Gasteiger partial charge in [0.25, 0.3) is 5.91 Å². The second kappa shape index (κ2) is 8.17. The Kier molecular flexibility index (Phi) is 6.33. The van der Waals surface area contributed by atoms with Crippen molar-refractivity contribution >= 4 is 27.3 Å². The average Bonchev–Trinajstić information content (AvgIpc) is 2.57. The molecule has 0 saturated carbocycles. The summed E-state index contributed by atoms with van der Waals surface area (Å²) in [5.41, 5.74) is -0.0261. The first kappa shape index (κ1) is 21.7. The maximum atomic E-state index is 12.7. The molecule has 2 aromatic rings. The molecule has 1 heterocycles. The van der Waals surface area contributed by atoms with Crippen molar-refractivity contribution in [3.63, 3.8) is 0 Å². The Morgan fingerprint density at radius 2 is 1.75 bits per heavy atom. The number of nitrogens with one attached hydrogen (secondary N) is 2. The number of amides is 1. The van der Waals surface area contributed by atoms with Gasteiger partial charge < -0.3 is 5.32 Å². The van der Waals surface area contributed by atoms with Gasteiger partial charge >= 0.3 is 6.18 Å². The molecule has 1 aromatic heterocycles. The van der Waals surface area contributed by atoms with Crippen molar-refractivity contribution in [2.45, 2.75) is 33.4 Å². The zero-order chi connectivity index (χ0) is 21.1. The van der Waals surface area contributed by atoms with Crippen molar-refractivity contribution in [2.24, 2.45) is 0 Å². The van der Waals surface area contributed by atoms with Crippen LogP contribution in [0, 0.1) is 13.8 Å². The van der Waals surface area contributed by atoms with Crippen molar-refractivity contribution in [2.75, 3.05) is 15.8 Å². The predicted octanol–water partition coefficient (Wildman–Crippen LogP) is 4.12. The van der Waals surface area contributed by atoms with Crippen LogP contribution < -0.4 is 10.0 Å². The molecule has 0 bridgehead atoms. The normalized spacial score (nSPS) is 11.9. The first-order valence-corrected chi connectivity index (χ1v) is 10.1. The molecule has 0 spiro atoms. The Balaban J connectivity index is 2.27.